The van der Waals surface area contributed by atoms with Gasteiger partial charge < -0.3 is 10.1 Å². The van der Waals surface area contributed by atoms with Gasteiger partial charge in [-0.05, 0) is 42.5 Å². The Hall–Kier alpha value is -2.27. The Morgan fingerprint density at radius 2 is 1.74 bits per heavy atom. The molecule has 2 aromatic rings. The number of esters is 1. The minimum Gasteiger partial charge on any atom is -0.452 e. The molecule has 5 heteroatoms. The van der Waals surface area contributed by atoms with E-state index < -0.39 is 5.97 Å². The largest absolute Gasteiger partial charge is 0.452 e. The first kappa shape index (κ1) is 17.1. The molecule has 0 unspecified atom stereocenters. The molecule has 0 fully saturated rings. The molecular weight excluding hydrogens is 310 g/mol. The van der Waals surface area contributed by atoms with E-state index in [9.17, 15) is 9.59 Å². The highest BCUT2D eigenvalue weighted by molar-refractivity contribution is 7.98. The molecule has 0 saturated carbocycles. The fourth-order valence-corrected chi connectivity index (χ4v) is 2.39. The molecule has 0 aliphatic carbocycles. The summed E-state index contributed by atoms with van der Waals surface area (Å²) in [7, 11) is 0. The van der Waals surface area contributed by atoms with Gasteiger partial charge in [-0.3, -0.25) is 4.79 Å². The van der Waals surface area contributed by atoms with E-state index >= 15 is 0 Å². The number of hydrogen-bond acceptors (Lipinski definition) is 4. The first-order chi connectivity index (χ1) is 11.2. The minimum absolute atomic E-state index is 0.266. The van der Waals surface area contributed by atoms with Gasteiger partial charge in [-0.15, -0.1) is 11.8 Å². The number of amides is 1. The standard InChI is InChI=1S/C18H19NO3S/c1-23-16-9-7-15(8-10-16)18(21)22-13-17(20)19-12-11-14-5-3-2-4-6-14/h2-10H,11-13H2,1H3,(H,19,20). The third-order valence-electron chi connectivity index (χ3n) is 3.24. The Morgan fingerprint density at radius 1 is 1.04 bits per heavy atom. The van der Waals surface area contributed by atoms with Crippen LogP contribution in [0.15, 0.2) is 59.5 Å². The molecule has 0 radical (unpaired) electrons. The summed E-state index contributed by atoms with van der Waals surface area (Å²) in [5, 5.41) is 2.74. The summed E-state index contributed by atoms with van der Waals surface area (Å²) in [6.07, 6.45) is 2.71. The zero-order valence-electron chi connectivity index (χ0n) is 13.0. The van der Waals surface area contributed by atoms with E-state index in [1.165, 1.54) is 0 Å². The van der Waals surface area contributed by atoms with Crippen molar-refractivity contribution >= 4 is 23.6 Å². The first-order valence-corrected chi connectivity index (χ1v) is 8.53. The molecule has 2 rings (SSSR count). The van der Waals surface area contributed by atoms with Crippen LogP contribution < -0.4 is 5.32 Å². The van der Waals surface area contributed by atoms with E-state index in [-0.39, 0.29) is 12.5 Å². The molecule has 1 amide bonds. The second-order valence-electron chi connectivity index (χ2n) is 4.89. The normalized spacial score (nSPS) is 10.1. The lowest BCUT2D eigenvalue weighted by Crippen LogP contribution is -2.30. The summed E-state index contributed by atoms with van der Waals surface area (Å²) in [5.74, 6) is -0.786. The van der Waals surface area contributed by atoms with Gasteiger partial charge in [0, 0.05) is 11.4 Å². The fraction of sp³-hybridized carbons (Fsp3) is 0.222. The molecular formula is C18H19NO3S. The van der Waals surface area contributed by atoms with Crippen molar-refractivity contribution in [3.8, 4) is 0 Å². The fourth-order valence-electron chi connectivity index (χ4n) is 1.98. The number of hydrogen-bond donors (Lipinski definition) is 1. The quantitative estimate of drug-likeness (QED) is 0.627. The lowest BCUT2D eigenvalue weighted by molar-refractivity contribution is -0.124. The monoisotopic (exact) mass is 329 g/mol. The Balaban J connectivity index is 1.70. The Kier molecular flexibility index (Phi) is 6.69. The number of ether oxygens (including phenoxy) is 1. The predicted molar refractivity (Wildman–Crippen MR) is 91.7 cm³/mol. The molecule has 0 heterocycles. The molecule has 0 atom stereocenters. The van der Waals surface area contributed by atoms with Gasteiger partial charge in [-0.25, -0.2) is 4.79 Å². The molecule has 0 saturated heterocycles. The van der Waals surface area contributed by atoms with Gasteiger partial charge in [0.1, 0.15) is 0 Å². The van der Waals surface area contributed by atoms with Gasteiger partial charge in [0.2, 0.25) is 0 Å². The smallest absolute Gasteiger partial charge is 0.338 e. The van der Waals surface area contributed by atoms with Crippen molar-refractivity contribution < 1.29 is 14.3 Å². The van der Waals surface area contributed by atoms with Crippen LogP contribution >= 0.6 is 11.8 Å². The zero-order chi connectivity index (χ0) is 16.5. The summed E-state index contributed by atoms with van der Waals surface area (Å²) in [6, 6.07) is 17.0. The van der Waals surface area contributed by atoms with Crippen LogP contribution in [-0.4, -0.2) is 31.3 Å². The summed E-state index contributed by atoms with van der Waals surface area (Å²) >= 11 is 1.60. The van der Waals surface area contributed by atoms with Crippen molar-refractivity contribution in [2.24, 2.45) is 0 Å². The SMILES string of the molecule is CSc1ccc(C(=O)OCC(=O)NCCc2ccccc2)cc1. The van der Waals surface area contributed by atoms with Gasteiger partial charge in [0.25, 0.3) is 5.91 Å². The maximum absolute atomic E-state index is 11.8. The average molecular weight is 329 g/mol. The third-order valence-corrected chi connectivity index (χ3v) is 3.98. The molecule has 23 heavy (non-hydrogen) atoms. The van der Waals surface area contributed by atoms with Crippen LogP contribution in [-0.2, 0) is 16.0 Å². The molecule has 1 N–H and O–H groups in total. The number of carbonyl (C=O) groups is 2. The number of nitrogens with one attached hydrogen (secondary N) is 1. The van der Waals surface area contributed by atoms with Crippen molar-refractivity contribution in [2.75, 3.05) is 19.4 Å². The molecule has 0 bridgehead atoms. The Labute approximate surface area is 140 Å². The summed E-state index contributed by atoms with van der Waals surface area (Å²) in [5.41, 5.74) is 1.60. The number of benzene rings is 2. The number of carbonyl (C=O) groups excluding carboxylic acids is 2. The van der Waals surface area contributed by atoms with E-state index in [0.717, 1.165) is 16.9 Å². The third kappa shape index (κ3) is 5.79. The molecule has 0 spiro atoms. The van der Waals surface area contributed by atoms with Gasteiger partial charge >= 0.3 is 5.97 Å². The minimum atomic E-state index is -0.490. The van der Waals surface area contributed by atoms with Gasteiger partial charge in [-0.1, -0.05) is 30.3 Å². The van der Waals surface area contributed by atoms with Crippen molar-refractivity contribution in [1.29, 1.82) is 0 Å². The van der Waals surface area contributed by atoms with Crippen molar-refractivity contribution in [3.63, 3.8) is 0 Å². The van der Waals surface area contributed by atoms with Crippen LogP contribution in [0.3, 0.4) is 0 Å². The molecule has 4 nitrogen and oxygen atoms in total. The topological polar surface area (TPSA) is 55.4 Å². The maximum Gasteiger partial charge on any atom is 0.338 e. The van der Waals surface area contributed by atoms with Gasteiger partial charge in [-0.2, -0.15) is 0 Å². The maximum atomic E-state index is 11.8. The number of rotatable bonds is 7. The lowest BCUT2D eigenvalue weighted by atomic mass is 10.1. The highest BCUT2D eigenvalue weighted by atomic mass is 32.2. The molecule has 0 aliphatic heterocycles. The highest BCUT2D eigenvalue weighted by Crippen LogP contribution is 2.15. The van der Waals surface area contributed by atoms with Crippen LogP contribution in [0.25, 0.3) is 0 Å². The second kappa shape index (κ2) is 9.00. The molecule has 2 aromatic carbocycles. The van der Waals surface area contributed by atoms with E-state index in [1.54, 1.807) is 23.9 Å². The first-order valence-electron chi connectivity index (χ1n) is 7.31. The van der Waals surface area contributed by atoms with Crippen LogP contribution in [0.2, 0.25) is 0 Å². The molecule has 0 aliphatic rings. The second-order valence-corrected chi connectivity index (χ2v) is 5.77. The Morgan fingerprint density at radius 3 is 2.39 bits per heavy atom. The van der Waals surface area contributed by atoms with Crippen LogP contribution in [0, 0.1) is 0 Å². The zero-order valence-corrected chi connectivity index (χ0v) is 13.8. The van der Waals surface area contributed by atoms with E-state index in [4.69, 9.17) is 4.74 Å². The van der Waals surface area contributed by atoms with Crippen LogP contribution in [0.1, 0.15) is 15.9 Å². The van der Waals surface area contributed by atoms with E-state index in [0.29, 0.717) is 12.1 Å². The predicted octanol–water partition coefficient (Wildman–Crippen LogP) is 2.92. The van der Waals surface area contributed by atoms with Crippen molar-refractivity contribution in [3.05, 3.63) is 65.7 Å². The summed E-state index contributed by atoms with van der Waals surface area (Å²) < 4.78 is 5.01. The Bertz CT molecular complexity index is 641. The highest BCUT2D eigenvalue weighted by Gasteiger charge is 2.09. The van der Waals surface area contributed by atoms with Gasteiger partial charge in [0.15, 0.2) is 6.61 Å². The molecule has 120 valence electrons. The average Bonchev–Trinajstić information content (AvgIpc) is 2.60. The van der Waals surface area contributed by atoms with Crippen LogP contribution in [0.4, 0.5) is 0 Å². The molecule has 0 aromatic heterocycles. The summed E-state index contributed by atoms with van der Waals surface area (Å²) in [6.45, 7) is 0.251. The van der Waals surface area contributed by atoms with Crippen LogP contribution in [0.5, 0.6) is 0 Å². The van der Waals surface area contributed by atoms with E-state index in [1.807, 2.05) is 48.7 Å². The lowest BCUT2D eigenvalue weighted by Gasteiger charge is -2.07. The summed E-state index contributed by atoms with van der Waals surface area (Å²) in [4.78, 5) is 24.6. The van der Waals surface area contributed by atoms with Crippen molar-refractivity contribution in [2.45, 2.75) is 11.3 Å². The van der Waals surface area contributed by atoms with E-state index in [2.05, 4.69) is 5.32 Å². The number of thioether (sulfide) groups is 1. The van der Waals surface area contributed by atoms with Crippen molar-refractivity contribution in [1.82, 2.24) is 5.32 Å². The van der Waals surface area contributed by atoms with Gasteiger partial charge in [0.05, 0.1) is 5.56 Å².